The highest BCUT2D eigenvalue weighted by atomic mass is 79.9. The molecule has 1 atom stereocenters. The zero-order chi connectivity index (χ0) is 16.9. The Labute approximate surface area is 152 Å². The van der Waals surface area contributed by atoms with Crippen LogP contribution in [0.2, 0.25) is 0 Å². The summed E-state index contributed by atoms with van der Waals surface area (Å²) in [4.78, 5) is 4.95. The SMILES string of the molecule is NCC(N)c1ccc(N2CCN(Cc3ccccc3)CC2)c(Br)c1. The largest absolute Gasteiger partial charge is 0.368 e. The number of rotatable bonds is 5. The van der Waals surface area contributed by atoms with Gasteiger partial charge in [-0.2, -0.15) is 0 Å². The van der Waals surface area contributed by atoms with Gasteiger partial charge in [0.05, 0.1) is 5.69 Å². The Hall–Kier alpha value is -1.40. The van der Waals surface area contributed by atoms with E-state index in [1.54, 1.807) is 0 Å². The average Bonchev–Trinajstić information content (AvgIpc) is 2.62. The molecular formula is C19H25BrN4. The number of nitrogens with zero attached hydrogens (tertiary/aromatic N) is 2. The minimum absolute atomic E-state index is 0.0990. The third-order valence-electron chi connectivity index (χ3n) is 4.62. The second-order valence-corrected chi connectivity index (χ2v) is 7.16. The lowest BCUT2D eigenvalue weighted by Crippen LogP contribution is -2.46. The molecular weight excluding hydrogens is 364 g/mol. The maximum Gasteiger partial charge on any atom is 0.0511 e. The van der Waals surface area contributed by atoms with E-state index in [-0.39, 0.29) is 6.04 Å². The Morgan fingerprint density at radius 2 is 1.71 bits per heavy atom. The third kappa shape index (κ3) is 4.16. The molecule has 1 fully saturated rings. The van der Waals surface area contributed by atoms with Crippen LogP contribution in [0.1, 0.15) is 17.2 Å². The van der Waals surface area contributed by atoms with E-state index in [4.69, 9.17) is 11.5 Å². The van der Waals surface area contributed by atoms with E-state index in [9.17, 15) is 0 Å². The number of hydrogen-bond acceptors (Lipinski definition) is 4. The number of anilines is 1. The van der Waals surface area contributed by atoms with Crippen molar-refractivity contribution in [3.8, 4) is 0 Å². The lowest BCUT2D eigenvalue weighted by atomic mass is 10.1. The normalized spacial score (nSPS) is 17.0. The number of halogens is 1. The van der Waals surface area contributed by atoms with E-state index in [1.165, 1.54) is 11.3 Å². The van der Waals surface area contributed by atoms with Crippen LogP contribution in [0.25, 0.3) is 0 Å². The van der Waals surface area contributed by atoms with Crippen molar-refractivity contribution in [1.82, 2.24) is 4.90 Å². The molecule has 0 saturated carbocycles. The van der Waals surface area contributed by atoms with E-state index in [0.717, 1.165) is 42.8 Å². The monoisotopic (exact) mass is 388 g/mol. The summed E-state index contributed by atoms with van der Waals surface area (Å²) in [6.07, 6.45) is 0. The van der Waals surface area contributed by atoms with Gasteiger partial charge in [-0.15, -0.1) is 0 Å². The van der Waals surface area contributed by atoms with Gasteiger partial charge in [-0.05, 0) is 39.2 Å². The van der Waals surface area contributed by atoms with Crippen molar-refractivity contribution in [3.63, 3.8) is 0 Å². The van der Waals surface area contributed by atoms with Crippen LogP contribution in [0.3, 0.4) is 0 Å². The molecule has 5 heteroatoms. The van der Waals surface area contributed by atoms with Crippen molar-refractivity contribution < 1.29 is 0 Å². The van der Waals surface area contributed by atoms with E-state index in [0.29, 0.717) is 6.54 Å². The first kappa shape index (κ1) is 17.4. The van der Waals surface area contributed by atoms with Crippen molar-refractivity contribution >= 4 is 21.6 Å². The van der Waals surface area contributed by atoms with Gasteiger partial charge >= 0.3 is 0 Å². The van der Waals surface area contributed by atoms with Crippen molar-refractivity contribution in [2.45, 2.75) is 12.6 Å². The van der Waals surface area contributed by atoms with E-state index in [2.05, 4.69) is 74.3 Å². The molecule has 0 spiro atoms. The predicted molar refractivity (Wildman–Crippen MR) is 104 cm³/mol. The molecule has 1 heterocycles. The Morgan fingerprint density at radius 1 is 1.00 bits per heavy atom. The Morgan fingerprint density at radius 3 is 2.33 bits per heavy atom. The lowest BCUT2D eigenvalue weighted by molar-refractivity contribution is 0.250. The molecule has 0 aromatic heterocycles. The molecule has 4 nitrogen and oxygen atoms in total. The first-order valence-electron chi connectivity index (χ1n) is 8.43. The van der Waals surface area contributed by atoms with Gasteiger partial charge in [-0.25, -0.2) is 0 Å². The molecule has 0 amide bonds. The summed E-state index contributed by atoms with van der Waals surface area (Å²) in [5, 5.41) is 0. The van der Waals surface area contributed by atoms with Crippen LogP contribution < -0.4 is 16.4 Å². The van der Waals surface area contributed by atoms with Gasteiger partial charge in [0.1, 0.15) is 0 Å². The molecule has 1 aliphatic heterocycles. The standard InChI is InChI=1S/C19H25BrN4/c20-17-12-16(18(22)13-21)6-7-19(17)24-10-8-23(9-11-24)14-15-4-2-1-3-5-15/h1-7,12,18H,8-11,13-14,21-22H2. The summed E-state index contributed by atoms with van der Waals surface area (Å²) in [6, 6.07) is 16.9. The van der Waals surface area contributed by atoms with Crippen LogP contribution >= 0.6 is 15.9 Å². The number of benzene rings is 2. The molecule has 128 valence electrons. The van der Waals surface area contributed by atoms with Crippen molar-refractivity contribution in [2.24, 2.45) is 11.5 Å². The molecule has 2 aromatic carbocycles. The third-order valence-corrected chi connectivity index (χ3v) is 5.25. The second-order valence-electron chi connectivity index (χ2n) is 6.30. The predicted octanol–water partition coefficient (Wildman–Crippen LogP) is 2.73. The molecule has 2 aromatic rings. The first-order chi connectivity index (χ1) is 11.7. The van der Waals surface area contributed by atoms with Crippen LogP contribution in [0, 0.1) is 0 Å². The summed E-state index contributed by atoms with van der Waals surface area (Å²) in [5.41, 5.74) is 15.4. The van der Waals surface area contributed by atoms with Gasteiger partial charge in [-0.1, -0.05) is 36.4 Å². The van der Waals surface area contributed by atoms with Gasteiger partial charge in [0.2, 0.25) is 0 Å². The highest BCUT2D eigenvalue weighted by molar-refractivity contribution is 9.10. The van der Waals surface area contributed by atoms with Crippen LogP contribution in [0.15, 0.2) is 53.0 Å². The number of piperazine rings is 1. The van der Waals surface area contributed by atoms with E-state index < -0.39 is 0 Å². The van der Waals surface area contributed by atoms with Gasteiger partial charge in [0.15, 0.2) is 0 Å². The number of nitrogens with two attached hydrogens (primary N) is 2. The minimum Gasteiger partial charge on any atom is -0.368 e. The summed E-state index contributed by atoms with van der Waals surface area (Å²) in [6.45, 7) is 5.71. The molecule has 0 aliphatic carbocycles. The Bertz CT molecular complexity index is 654. The topological polar surface area (TPSA) is 58.5 Å². The Kier molecular flexibility index (Phi) is 5.89. The molecule has 1 saturated heterocycles. The van der Waals surface area contributed by atoms with Gasteiger partial charge < -0.3 is 16.4 Å². The maximum absolute atomic E-state index is 6.02. The van der Waals surface area contributed by atoms with Crippen molar-refractivity contribution in [1.29, 1.82) is 0 Å². The van der Waals surface area contributed by atoms with Gasteiger partial charge in [0.25, 0.3) is 0 Å². The quantitative estimate of drug-likeness (QED) is 0.826. The van der Waals surface area contributed by atoms with Crippen LogP contribution in [-0.2, 0) is 6.54 Å². The number of hydrogen-bond donors (Lipinski definition) is 2. The smallest absolute Gasteiger partial charge is 0.0511 e. The molecule has 3 rings (SSSR count). The molecule has 1 unspecified atom stereocenters. The summed E-state index contributed by atoms with van der Waals surface area (Å²) in [5.74, 6) is 0. The Balaban J connectivity index is 1.60. The molecule has 24 heavy (non-hydrogen) atoms. The van der Waals surface area contributed by atoms with E-state index in [1.807, 2.05) is 0 Å². The van der Waals surface area contributed by atoms with Gasteiger partial charge in [-0.3, -0.25) is 4.90 Å². The highest BCUT2D eigenvalue weighted by Crippen LogP contribution is 2.29. The second kappa shape index (κ2) is 8.12. The summed E-state index contributed by atoms with van der Waals surface area (Å²) >= 11 is 3.70. The first-order valence-corrected chi connectivity index (χ1v) is 9.23. The molecule has 0 bridgehead atoms. The van der Waals surface area contributed by atoms with Crippen LogP contribution in [0.4, 0.5) is 5.69 Å². The lowest BCUT2D eigenvalue weighted by Gasteiger charge is -2.36. The zero-order valence-electron chi connectivity index (χ0n) is 13.9. The summed E-state index contributed by atoms with van der Waals surface area (Å²) < 4.78 is 1.10. The highest BCUT2D eigenvalue weighted by Gasteiger charge is 2.19. The van der Waals surface area contributed by atoms with Crippen LogP contribution in [0.5, 0.6) is 0 Å². The fourth-order valence-corrected chi connectivity index (χ4v) is 3.78. The molecule has 4 N–H and O–H groups in total. The fourth-order valence-electron chi connectivity index (χ4n) is 3.13. The van der Waals surface area contributed by atoms with Crippen molar-refractivity contribution in [3.05, 3.63) is 64.1 Å². The average molecular weight is 389 g/mol. The molecule has 0 radical (unpaired) electrons. The van der Waals surface area contributed by atoms with E-state index >= 15 is 0 Å². The fraction of sp³-hybridized carbons (Fsp3) is 0.368. The van der Waals surface area contributed by atoms with Gasteiger partial charge in [0, 0.05) is 49.8 Å². The minimum atomic E-state index is -0.0990. The zero-order valence-corrected chi connectivity index (χ0v) is 15.5. The summed E-state index contributed by atoms with van der Waals surface area (Å²) in [7, 11) is 0. The maximum atomic E-state index is 6.02. The molecule has 1 aliphatic rings. The van der Waals surface area contributed by atoms with Crippen LogP contribution in [-0.4, -0.2) is 37.6 Å². The van der Waals surface area contributed by atoms with Crippen molar-refractivity contribution in [2.75, 3.05) is 37.6 Å².